The van der Waals surface area contributed by atoms with Gasteiger partial charge in [0.1, 0.15) is 17.2 Å². The summed E-state index contributed by atoms with van der Waals surface area (Å²) >= 11 is 0. The van der Waals surface area contributed by atoms with E-state index in [4.69, 9.17) is 5.11 Å². The monoisotopic (exact) mass is 207 g/mol. The highest BCUT2D eigenvalue weighted by atomic mass is 19.1. The fourth-order valence-electron chi connectivity index (χ4n) is 1.29. The molecule has 0 unspecified atom stereocenters. The zero-order valence-corrected chi connectivity index (χ0v) is 8.18. The smallest absolute Gasteiger partial charge is 0.148 e. The van der Waals surface area contributed by atoms with Crippen molar-refractivity contribution in [2.75, 3.05) is 0 Å². The van der Waals surface area contributed by atoms with E-state index < -0.39 is 0 Å². The van der Waals surface area contributed by atoms with Crippen LogP contribution in [0.5, 0.6) is 0 Å². The number of rotatable bonds is 2. The molecule has 78 valence electrons. The second kappa shape index (κ2) is 3.78. The molecular formula is C10H10FN3O. The Bertz CT molecular complexity index is 481. The van der Waals surface area contributed by atoms with Crippen molar-refractivity contribution in [1.82, 2.24) is 15.0 Å². The lowest BCUT2D eigenvalue weighted by molar-refractivity contribution is 0.276. The highest BCUT2D eigenvalue weighted by Crippen LogP contribution is 2.14. The van der Waals surface area contributed by atoms with E-state index in [0.717, 1.165) is 5.56 Å². The Hall–Kier alpha value is -1.75. The van der Waals surface area contributed by atoms with Gasteiger partial charge in [0.25, 0.3) is 0 Å². The van der Waals surface area contributed by atoms with Gasteiger partial charge in [0.2, 0.25) is 0 Å². The van der Waals surface area contributed by atoms with Crippen LogP contribution in [0.1, 0.15) is 11.3 Å². The first kappa shape index (κ1) is 9.79. The number of hydrogen-bond donors (Lipinski definition) is 1. The van der Waals surface area contributed by atoms with Crippen LogP contribution in [-0.4, -0.2) is 20.1 Å². The Kier molecular flexibility index (Phi) is 2.47. The largest absolute Gasteiger partial charge is 0.390 e. The van der Waals surface area contributed by atoms with Crippen LogP contribution in [0.2, 0.25) is 0 Å². The van der Waals surface area contributed by atoms with Crippen molar-refractivity contribution in [2.24, 2.45) is 0 Å². The minimum absolute atomic E-state index is 0.201. The van der Waals surface area contributed by atoms with Crippen molar-refractivity contribution in [1.29, 1.82) is 0 Å². The molecule has 0 spiro atoms. The van der Waals surface area contributed by atoms with E-state index in [1.54, 1.807) is 12.1 Å². The van der Waals surface area contributed by atoms with Gasteiger partial charge in [-0.25, -0.2) is 9.07 Å². The van der Waals surface area contributed by atoms with E-state index in [-0.39, 0.29) is 12.4 Å². The molecule has 5 heteroatoms. The van der Waals surface area contributed by atoms with E-state index in [0.29, 0.717) is 11.4 Å². The van der Waals surface area contributed by atoms with Gasteiger partial charge in [0, 0.05) is 0 Å². The van der Waals surface area contributed by atoms with Crippen molar-refractivity contribution < 1.29 is 9.50 Å². The second-order valence-corrected chi connectivity index (χ2v) is 3.27. The molecule has 0 aliphatic heterocycles. The Balaban J connectivity index is 2.48. The maximum atomic E-state index is 13.4. The van der Waals surface area contributed by atoms with Gasteiger partial charge in [0.05, 0.1) is 12.8 Å². The molecule has 4 nitrogen and oxygen atoms in total. The first-order chi connectivity index (χ1) is 7.20. The van der Waals surface area contributed by atoms with Crippen molar-refractivity contribution in [2.45, 2.75) is 13.5 Å². The van der Waals surface area contributed by atoms with Crippen LogP contribution >= 0.6 is 0 Å². The number of aliphatic hydroxyl groups is 1. The molecule has 0 amide bonds. The molecule has 0 fully saturated rings. The van der Waals surface area contributed by atoms with Gasteiger partial charge < -0.3 is 5.11 Å². The van der Waals surface area contributed by atoms with Gasteiger partial charge >= 0.3 is 0 Å². The number of nitrogens with zero attached hydrogens (tertiary/aromatic N) is 3. The average molecular weight is 207 g/mol. The molecule has 0 saturated heterocycles. The van der Waals surface area contributed by atoms with E-state index in [2.05, 4.69) is 10.3 Å². The van der Waals surface area contributed by atoms with Crippen LogP contribution in [0, 0.1) is 12.7 Å². The first-order valence-corrected chi connectivity index (χ1v) is 4.49. The third kappa shape index (κ3) is 1.87. The number of hydrogen-bond acceptors (Lipinski definition) is 3. The Morgan fingerprint density at radius 3 is 2.93 bits per heavy atom. The predicted molar refractivity (Wildman–Crippen MR) is 52.0 cm³/mol. The Morgan fingerprint density at radius 2 is 2.27 bits per heavy atom. The lowest BCUT2D eigenvalue weighted by Gasteiger charge is -2.02. The third-order valence-corrected chi connectivity index (χ3v) is 2.05. The third-order valence-electron chi connectivity index (χ3n) is 2.05. The molecule has 15 heavy (non-hydrogen) atoms. The van der Waals surface area contributed by atoms with Crippen molar-refractivity contribution in [3.63, 3.8) is 0 Å². The normalized spacial score (nSPS) is 10.6. The van der Waals surface area contributed by atoms with Gasteiger partial charge in [-0.2, -0.15) is 0 Å². The minimum atomic E-state index is -0.366. The lowest BCUT2D eigenvalue weighted by atomic mass is 10.2. The van der Waals surface area contributed by atoms with E-state index >= 15 is 0 Å². The molecule has 0 bridgehead atoms. The van der Waals surface area contributed by atoms with Gasteiger partial charge in [-0.05, 0) is 24.6 Å². The van der Waals surface area contributed by atoms with Crippen molar-refractivity contribution >= 4 is 0 Å². The van der Waals surface area contributed by atoms with Crippen LogP contribution in [0.15, 0.2) is 24.4 Å². The Labute approximate surface area is 86.0 Å². The highest BCUT2D eigenvalue weighted by Gasteiger charge is 2.07. The van der Waals surface area contributed by atoms with Crippen molar-refractivity contribution in [3.05, 3.63) is 41.5 Å². The molecular weight excluding hydrogens is 197 g/mol. The average Bonchev–Trinajstić information content (AvgIpc) is 2.70. The maximum Gasteiger partial charge on any atom is 0.148 e. The van der Waals surface area contributed by atoms with Crippen LogP contribution in [0.3, 0.4) is 0 Å². The fraction of sp³-hybridized carbons (Fsp3) is 0.200. The molecule has 0 aliphatic carbocycles. The summed E-state index contributed by atoms with van der Waals surface area (Å²) in [6, 6.07) is 4.73. The first-order valence-electron chi connectivity index (χ1n) is 4.49. The van der Waals surface area contributed by atoms with Crippen LogP contribution in [0.25, 0.3) is 5.69 Å². The number of benzene rings is 1. The van der Waals surface area contributed by atoms with Gasteiger partial charge in [-0.1, -0.05) is 11.3 Å². The van der Waals surface area contributed by atoms with Crippen molar-refractivity contribution in [3.8, 4) is 5.69 Å². The molecule has 1 heterocycles. The number of aromatic nitrogens is 3. The zero-order valence-electron chi connectivity index (χ0n) is 8.18. The molecule has 1 aromatic carbocycles. The predicted octanol–water partition coefficient (Wildman–Crippen LogP) is 1.21. The summed E-state index contributed by atoms with van der Waals surface area (Å²) in [7, 11) is 0. The van der Waals surface area contributed by atoms with Crippen LogP contribution in [-0.2, 0) is 6.61 Å². The molecule has 2 aromatic rings. The van der Waals surface area contributed by atoms with E-state index in [9.17, 15) is 4.39 Å². The zero-order chi connectivity index (χ0) is 10.8. The summed E-state index contributed by atoms with van der Waals surface area (Å²) in [6.45, 7) is 1.67. The lowest BCUT2D eigenvalue weighted by Crippen LogP contribution is -1.99. The summed E-state index contributed by atoms with van der Waals surface area (Å²) < 4.78 is 14.7. The summed E-state index contributed by atoms with van der Waals surface area (Å²) in [5, 5.41) is 16.2. The summed E-state index contributed by atoms with van der Waals surface area (Å²) in [4.78, 5) is 0. The Morgan fingerprint density at radius 1 is 1.47 bits per heavy atom. The number of aliphatic hydroxyl groups excluding tert-OH is 1. The summed E-state index contributed by atoms with van der Waals surface area (Å²) in [5.41, 5.74) is 1.69. The standard InChI is InChI=1S/C10H10FN3O/c1-7-2-3-9(11)10(4-7)14-5-8(6-15)12-13-14/h2-5,15H,6H2,1H3. The topological polar surface area (TPSA) is 50.9 Å². The molecule has 1 N–H and O–H groups in total. The SMILES string of the molecule is Cc1ccc(F)c(-n2cc(CO)nn2)c1. The molecule has 2 rings (SSSR count). The molecule has 0 radical (unpaired) electrons. The quantitative estimate of drug-likeness (QED) is 0.805. The highest BCUT2D eigenvalue weighted by molar-refractivity contribution is 5.36. The molecule has 0 aliphatic rings. The molecule has 0 atom stereocenters. The van der Waals surface area contributed by atoms with Gasteiger partial charge in [-0.15, -0.1) is 5.10 Å². The summed E-state index contributed by atoms with van der Waals surface area (Å²) in [5.74, 6) is -0.366. The van der Waals surface area contributed by atoms with E-state index in [1.807, 2.05) is 6.92 Å². The van der Waals surface area contributed by atoms with E-state index in [1.165, 1.54) is 16.9 Å². The van der Waals surface area contributed by atoms with Gasteiger partial charge in [0.15, 0.2) is 0 Å². The molecule has 0 saturated carbocycles. The second-order valence-electron chi connectivity index (χ2n) is 3.27. The number of aryl methyl sites for hydroxylation is 1. The minimum Gasteiger partial charge on any atom is -0.390 e. The maximum absolute atomic E-state index is 13.4. The van der Waals surface area contributed by atoms with Gasteiger partial charge in [-0.3, -0.25) is 0 Å². The van der Waals surface area contributed by atoms with Crippen LogP contribution < -0.4 is 0 Å². The number of halogens is 1. The van der Waals surface area contributed by atoms with Crippen LogP contribution in [0.4, 0.5) is 4.39 Å². The summed E-state index contributed by atoms with van der Waals surface area (Å²) in [6.07, 6.45) is 1.50. The fourth-order valence-corrected chi connectivity index (χ4v) is 1.29. The molecule has 1 aromatic heterocycles.